The SMILES string of the molecule is Cc1ccc(C(C)C)cc1OC(C)C(=O)N1CCNCC1c1nccn1C.Cl. The van der Waals surface area contributed by atoms with Gasteiger partial charge in [0.05, 0.1) is 0 Å². The second-order valence-electron chi connectivity index (χ2n) is 7.59. The van der Waals surface area contributed by atoms with Crippen LogP contribution >= 0.6 is 12.4 Å². The first-order chi connectivity index (χ1) is 12.9. The van der Waals surface area contributed by atoms with Crippen LogP contribution in [0.5, 0.6) is 5.75 Å². The standard InChI is InChI=1S/C21H30N4O2.ClH/c1-14(2)17-7-6-15(3)19(12-17)27-16(4)21(26)25-11-8-22-13-18(25)20-23-9-10-24(20)5;/h6-7,9-10,12,14,16,18,22H,8,11,13H2,1-5H3;1H. The third-order valence-electron chi connectivity index (χ3n) is 5.21. The zero-order valence-electron chi connectivity index (χ0n) is 17.3. The molecule has 0 aliphatic carbocycles. The Morgan fingerprint density at radius 2 is 2.07 bits per heavy atom. The number of hydrogen-bond acceptors (Lipinski definition) is 4. The molecule has 1 fully saturated rings. The summed E-state index contributed by atoms with van der Waals surface area (Å²) in [5, 5.41) is 3.36. The number of piperazine rings is 1. The second-order valence-corrected chi connectivity index (χ2v) is 7.59. The number of aromatic nitrogens is 2. The Kier molecular flexibility index (Phi) is 7.49. The Balaban J connectivity index is 0.00000280. The van der Waals surface area contributed by atoms with Gasteiger partial charge in [-0.3, -0.25) is 4.79 Å². The lowest BCUT2D eigenvalue weighted by Crippen LogP contribution is -2.52. The van der Waals surface area contributed by atoms with E-state index in [4.69, 9.17) is 4.74 Å². The van der Waals surface area contributed by atoms with E-state index in [9.17, 15) is 4.79 Å². The van der Waals surface area contributed by atoms with Crippen LogP contribution in [-0.4, -0.2) is 46.1 Å². The Morgan fingerprint density at radius 3 is 2.71 bits per heavy atom. The molecule has 6 nitrogen and oxygen atoms in total. The number of benzene rings is 1. The van der Waals surface area contributed by atoms with Crippen molar-refractivity contribution in [3.8, 4) is 5.75 Å². The third kappa shape index (κ3) is 4.67. The van der Waals surface area contributed by atoms with Crippen molar-refractivity contribution in [2.45, 2.75) is 45.8 Å². The molecule has 1 N–H and O–H groups in total. The highest BCUT2D eigenvalue weighted by molar-refractivity contribution is 5.85. The maximum atomic E-state index is 13.2. The van der Waals surface area contributed by atoms with Crippen LogP contribution in [0.4, 0.5) is 0 Å². The van der Waals surface area contributed by atoms with E-state index in [0.717, 1.165) is 23.7 Å². The smallest absolute Gasteiger partial charge is 0.264 e. The molecule has 1 saturated heterocycles. The summed E-state index contributed by atoms with van der Waals surface area (Å²) in [6, 6.07) is 6.15. The number of rotatable bonds is 5. The Morgan fingerprint density at radius 1 is 1.32 bits per heavy atom. The molecule has 2 atom stereocenters. The quantitative estimate of drug-likeness (QED) is 0.828. The van der Waals surface area contributed by atoms with Gasteiger partial charge in [0.15, 0.2) is 6.10 Å². The van der Waals surface area contributed by atoms with Gasteiger partial charge in [-0.15, -0.1) is 12.4 Å². The van der Waals surface area contributed by atoms with Gasteiger partial charge in [0.1, 0.15) is 17.6 Å². The maximum absolute atomic E-state index is 13.2. The first-order valence-electron chi connectivity index (χ1n) is 9.64. The molecule has 1 amide bonds. The Bertz CT molecular complexity index is 805. The first kappa shape index (κ1) is 22.2. The van der Waals surface area contributed by atoms with Gasteiger partial charge in [-0.05, 0) is 37.0 Å². The number of carbonyl (C=O) groups is 1. The van der Waals surface area contributed by atoms with Gasteiger partial charge < -0.3 is 19.5 Å². The fraction of sp³-hybridized carbons (Fsp3) is 0.524. The highest BCUT2D eigenvalue weighted by atomic mass is 35.5. The summed E-state index contributed by atoms with van der Waals surface area (Å²) < 4.78 is 8.08. The van der Waals surface area contributed by atoms with Crippen molar-refractivity contribution in [1.29, 1.82) is 0 Å². The van der Waals surface area contributed by atoms with Crippen molar-refractivity contribution in [3.63, 3.8) is 0 Å². The van der Waals surface area contributed by atoms with Crippen LogP contribution in [-0.2, 0) is 11.8 Å². The number of nitrogens with zero attached hydrogens (tertiary/aromatic N) is 3. The number of aryl methyl sites for hydroxylation is 2. The highest BCUT2D eigenvalue weighted by Gasteiger charge is 2.33. The van der Waals surface area contributed by atoms with Crippen LogP contribution in [0.1, 0.15) is 49.7 Å². The lowest BCUT2D eigenvalue weighted by atomic mass is 10.0. The van der Waals surface area contributed by atoms with Crippen molar-refractivity contribution in [2.75, 3.05) is 19.6 Å². The number of hydrogen-bond donors (Lipinski definition) is 1. The molecule has 3 rings (SSSR count). The molecule has 154 valence electrons. The van der Waals surface area contributed by atoms with E-state index in [1.165, 1.54) is 5.56 Å². The van der Waals surface area contributed by atoms with Crippen LogP contribution in [0, 0.1) is 6.92 Å². The molecule has 0 bridgehead atoms. The Labute approximate surface area is 173 Å². The van der Waals surface area contributed by atoms with E-state index in [0.29, 0.717) is 19.0 Å². The number of halogens is 1. The molecule has 2 unspecified atom stereocenters. The third-order valence-corrected chi connectivity index (χ3v) is 5.21. The monoisotopic (exact) mass is 406 g/mol. The molecule has 1 aromatic carbocycles. The number of nitrogens with one attached hydrogen (secondary N) is 1. The van der Waals surface area contributed by atoms with Gasteiger partial charge in [0.25, 0.3) is 5.91 Å². The number of amides is 1. The number of ether oxygens (including phenoxy) is 1. The summed E-state index contributed by atoms with van der Waals surface area (Å²) in [5.74, 6) is 2.09. The van der Waals surface area contributed by atoms with Crippen LogP contribution in [0.15, 0.2) is 30.6 Å². The molecular weight excluding hydrogens is 376 g/mol. The van der Waals surface area contributed by atoms with Crippen LogP contribution in [0.2, 0.25) is 0 Å². The van der Waals surface area contributed by atoms with Gasteiger partial charge in [0.2, 0.25) is 0 Å². The van der Waals surface area contributed by atoms with Crippen LogP contribution in [0.3, 0.4) is 0 Å². The molecule has 2 aromatic rings. The molecule has 1 aliphatic heterocycles. The molecule has 0 radical (unpaired) electrons. The van der Waals surface area contributed by atoms with Gasteiger partial charge in [0, 0.05) is 39.1 Å². The molecule has 7 heteroatoms. The summed E-state index contributed by atoms with van der Waals surface area (Å²) in [4.78, 5) is 19.5. The molecule has 0 saturated carbocycles. The minimum atomic E-state index is -0.549. The van der Waals surface area contributed by atoms with E-state index < -0.39 is 6.10 Å². The summed E-state index contributed by atoms with van der Waals surface area (Å²) >= 11 is 0. The molecular formula is C21H31ClN4O2. The fourth-order valence-corrected chi connectivity index (χ4v) is 3.47. The van der Waals surface area contributed by atoms with Crippen molar-refractivity contribution in [1.82, 2.24) is 19.8 Å². The first-order valence-corrected chi connectivity index (χ1v) is 9.64. The van der Waals surface area contributed by atoms with Crippen molar-refractivity contribution in [2.24, 2.45) is 7.05 Å². The van der Waals surface area contributed by atoms with E-state index in [1.54, 1.807) is 6.20 Å². The topological polar surface area (TPSA) is 59.4 Å². The zero-order valence-corrected chi connectivity index (χ0v) is 18.1. The normalized spacial score (nSPS) is 17.9. The molecule has 2 heterocycles. The minimum absolute atomic E-state index is 0. The average Bonchev–Trinajstić information content (AvgIpc) is 3.08. The lowest BCUT2D eigenvalue weighted by molar-refractivity contribution is -0.141. The predicted molar refractivity (Wildman–Crippen MR) is 113 cm³/mol. The average molecular weight is 407 g/mol. The molecule has 1 aromatic heterocycles. The molecule has 1 aliphatic rings. The number of carbonyl (C=O) groups excluding carboxylic acids is 1. The van der Waals surface area contributed by atoms with Crippen molar-refractivity contribution >= 4 is 18.3 Å². The van der Waals surface area contributed by atoms with E-state index in [-0.39, 0.29) is 24.4 Å². The van der Waals surface area contributed by atoms with Crippen molar-refractivity contribution < 1.29 is 9.53 Å². The second kappa shape index (κ2) is 9.43. The molecule has 28 heavy (non-hydrogen) atoms. The lowest BCUT2D eigenvalue weighted by Gasteiger charge is -2.37. The predicted octanol–water partition coefficient (Wildman–Crippen LogP) is 3.21. The summed E-state index contributed by atoms with van der Waals surface area (Å²) in [6.07, 6.45) is 3.13. The Hall–Kier alpha value is -2.05. The van der Waals surface area contributed by atoms with E-state index >= 15 is 0 Å². The van der Waals surface area contributed by atoms with Crippen molar-refractivity contribution in [3.05, 3.63) is 47.5 Å². The van der Waals surface area contributed by atoms with Gasteiger partial charge >= 0.3 is 0 Å². The van der Waals surface area contributed by atoms with Gasteiger partial charge in [-0.25, -0.2) is 4.98 Å². The number of imidazole rings is 1. The fourth-order valence-electron chi connectivity index (χ4n) is 3.47. The summed E-state index contributed by atoms with van der Waals surface area (Å²) in [7, 11) is 1.96. The van der Waals surface area contributed by atoms with Gasteiger partial charge in [-0.2, -0.15) is 0 Å². The van der Waals surface area contributed by atoms with Gasteiger partial charge in [-0.1, -0.05) is 26.0 Å². The maximum Gasteiger partial charge on any atom is 0.264 e. The highest BCUT2D eigenvalue weighted by Crippen LogP contribution is 2.27. The van der Waals surface area contributed by atoms with E-state index in [1.807, 2.05) is 36.6 Å². The largest absolute Gasteiger partial charge is 0.481 e. The molecule has 0 spiro atoms. The van der Waals surface area contributed by atoms with Crippen LogP contribution < -0.4 is 10.1 Å². The minimum Gasteiger partial charge on any atom is -0.481 e. The summed E-state index contributed by atoms with van der Waals surface area (Å²) in [5.41, 5.74) is 2.25. The zero-order chi connectivity index (χ0) is 19.6. The van der Waals surface area contributed by atoms with E-state index in [2.05, 4.69) is 42.3 Å². The summed E-state index contributed by atoms with van der Waals surface area (Å²) in [6.45, 7) is 10.3. The van der Waals surface area contributed by atoms with Crippen LogP contribution in [0.25, 0.3) is 0 Å².